The third-order valence-corrected chi connectivity index (χ3v) is 3.19. The van der Waals surface area contributed by atoms with Gasteiger partial charge in [-0.1, -0.05) is 0 Å². The van der Waals surface area contributed by atoms with Crippen LogP contribution in [0, 0.1) is 27.7 Å². The van der Waals surface area contributed by atoms with E-state index in [2.05, 4.69) is 13.8 Å². The van der Waals surface area contributed by atoms with Gasteiger partial charge in [0.2, 0.25) is 5.78 Å². The lowest BCUT2D eigenvalue weighted by Gasteiger charge is -2.10. The topological polar surface area (TPSA) is 20.9 Å². The zero-order valence-electron chi connectivity index (χ0n) is 9.86. The van der Waals surface area contributed by atoms with Crippen molar-refractivity contribution in [3.63, 3.8) is 0 Å². The first-order valence-electron chi connectivity index (χ1n) is 4.85. The number of ketones is 1. The first-order valence-corrected chi connectivity index (χ1v) is 4.85. The molecule has 0 atom stereocenters. The summed E-state index contributed by atoms with van der Waals surface area (Å²) in [6.07, 6.45) is 0. The Morgan fingerprint density at radius 2 is 1.50 bits per heavy atom. The molecule has 0 bridgehead atoms. The Morgan fingerprint density at radius 3 is 1.93 bits per heavy atom. The van der Waals surface area contributed by atoms with Crippen LogP contribution in [0.4, 0.5) is 0 Å². The fraction of sp³-hybridized carbons (Fsp3) is 0.500. The quantitative estimate of drug-likeness (QED) is 0.492. The van der Waals surface area contributed by atoms with Crippen LogP contribution in [0.2, 0.25) is 0 Å². The first-order chi connectivity index (χ1) is 6.37. The lowest BCUT2D eigenvalue weighted by atomic mass is 9.99. The van der Waals surface area contributed by atoms with Gasteiger partial charge in [0.1, 0.15) is 7.05 Å². The Bertz CT molecular complexity index is 376. The molecule has 14 heavy (non-hydrogen) atoms. The molecule has 1 heterocycles. The van der Waals surface area contributed by atoms with Gasteiger partial charge in [0.05, 0.1) is 0 Å². The van der Waals surface area contributed by atoms with Crippen molar-refractivity contribution < 1.29 is 9.36 Å². The van der Waals surface area contributed by atoms with Crippen molar-refractivity contribution in [1.29, 1.82) is 0 Å². The van der Waals surface area contributed by atoms with Gasteiger partial charge < -0.3 is 0 Å². The number of carbonyl (C=O) groups is 1. The number of hydrogen-bond donors (Lipinski definition) is 0. The van der Waals surface area contributed by atoms with Crippen LogP contribution in [-0.2, 0) is 7.05 Å². The van der Waals surface area contributed by atoms with Gasteiger partial charge in [-0.05, 0) is 26.3 Å². The Kier molecular flexibility index (Phi) is 2.74. The van der Waals surface area contributed by atoms with E-state index in [1.54, 1.807) is 6.92 Å². The highest BCUT2D eigenvalue weighted by Gasteiger charge is 2.22. The summed E-state index contributed by atoms with van der Waals surface area (Å²) in [5.41, 5.74) is 5.59. The monoisotopic (exact) mass is 192 g/mol. The first kappa shape index (κ1) is 10.9. The maximum atomic E-state index is 11.5. The van der Waals surface area contributed by atoms with Gasteiger partial charge in [0, 0.05) is 25.0 Å². The summed E-state index contributed by atoms with van der Waals surface area (Å²) in [6.45, 7) is 9.86. The van der Waals surface area contributed by atoms with Gasteiger partial charge in [-0.2, -0.15) is 4.57 Å². The SMILES string of the molecule is CC(=O)c1c(C)c(C)c(C)c(C)[n+]1C. The van der Waals surface area contributed by atoms with Crippen molar-refractivity contribution in [3.8, 4) is 0 Å². The second-order valence-corrected chi connectivity index (χ2v) is 3.92. The summed E-state index contributed by atoms with van der Waals surface area (Å²) < 4.78 is 1.99. The number of rotatable bonds is 1. The van der Waals surface area contributed by atoms with E-state index in [-0.39, 0.29) is 5.78 Å². The van der Waals surface area contributed by atoms with Crippen molar-refractivity contribution in [2.75, 3.05) is 0 Å². The molecule has 0 amide bonds. The Labute approximate surface area is 85.6 Å². The molecule has 1 rings (SSSR count). The Balaban J connectivity index is 3.68. The molecular formula is C12H18NO+. The fourth-order valence-electron chi connectivity index (χ4n) is 1.90. The number of nitrogens with zero attached hydrogens (tertiary/aromatic N) is 1. The van der Waals surface area contributed by atoms with Gasteiger partial charge in [0.15, 0.2) is 5.69 Å². The Morgan fingerprint density at radius 1 is 1.00 bits per heavy atom. The molecule has 0 aliphatic rings. The summed E-state index contributed by atoms with van der Waals surface area (Å²) in [4.78, 5) is 11.5. The van der Waals surface area contributed by atoms with Gasteiger partial charge in [-0.25, -0.2) is 0 Å². The minimum absolute atomic E-state index is 0.135. The molecule has 1 aromatic rings. The maximum Gasteiger partial charge on any atom is 0.251 e. The normalized spacial score (nSPS) is 10.4. The van der Waals surface area contributed by atoms with Crippen molar-refractivity contribution in [2.45, 2.75) is 34.6 Å². The van der Waals surface area contributed by atoms with Crippen LogP contribution in [0.1, 0.15) is 39.8 Å². The average Bonchev–Trinajstić information content (AvgIpc) is 2.11. The third kappa shape index (κ3) is 1.45. The van der Waals surface area contributed by atoms with E-state index in [9.17, 15) is 4.79 Å². The van der Waals surface area contributed by atoms with Crippen LogP contribution in [0.25, 0.3) is 0 Å². The smallest absolute Gasteiger partial charge is 0.251 e. The van der Waals surface area contributed by atoms with Gasteiger partial charge in [-0.15, -0.1) is 0 Å². The maximum absolute atomic E-state index is 11.5. The van der Waals surface area contributed by atoms with Crippen LogP contribution in [0.15, 0.2) is 0 Å². The largest absolute Gasteiger partial charge is 0.288 e. The molecule has 0 radical (unpaired) electrons. The van der Waals surface area contributed by atoms with E-state index in [0.29, 0.717) is 0 Å². The van der Waals surface area contributed by atoms with Crippen LogP contribution in [0.5, 0.6) is 0 Å². The molecule has 2 nitrogen and oxygen atoms in total. The lowest BCUT2D eigenvalue weighted by Crippen LogP contribution is -2.41. The van der Waals surface area contributed by atoms with Gasteiger partial charge in [0.25, 0.3) is 5.69 Å². The molecule has 0 aliphatic heterocycles. The van der Waals surface area contributed by atoms with E-state index < -0.39 is 0 Å². The summed E-state index contributed by atoms with van der Waals surface area (Å²) in [7, 11) is 1.95. The summed E-state index contributed by atoms with van der Waals surface area (Å²) in [5.74, 6) is 0.135. The summed E-state index contributed by atoms with van der Waals surface area (Å²) in [6, 6.07) is 0. The molecule has 0 spiro atoms. The van der Waals surface area contributed by atoms with Gasteiger partial charge >= 0.3 is 0 Å². The van der Waals surface area contributed by atoms with E-state index in [1.807, 2.05) is 25.5 Å². The van der Waals surface area contributed by atoms with Crippen molar-refractivity contribution in [3.05, 3.63) is 28.1 Å². The zero-order valence-corrected chi connectivity index (χ0v) is 9.86. The van der Waals surface area contributed by atoms with Gasteiger partial charge in [-0.3, -0.25) is 4.79 Å². The fourth-order valence-corrected chi connectivity index (χ4v) is 1.90. The van der Waals surface area contributed by atoms with Crippen LogP contribution in [-0.4, -0.2) is 5.78 Å². The number of pyridine rings is 1. The Hall–Kier alpha value is -1.18. The van der Waals surface area contributed by atoms with Crippen molar-refractivity contribution >= 4 is 5.78 Å². The molecule has 0 aliphatic carbocycles. The number of aromatic nitrogens is 1. The average molecular weight is 192 g/mol. The predicted octanol–water partition coefficient (Wildman–Crippen LogP) is 1.95. The van der Waals surface area contributed by atoms with Crippen molar-refractivity contribution in [1.82, 2.24) is 0 Å². The van der Waals surface area contributed by atoms with Crippen molar-refractivity contribution in [2.24, 2.45) is 7.05 Å². The third-order valence-electron chi connectivity index (χ3n) is 3.19. The lowest BCUT2D eigenvalue weighted by molar-refractivity contribution is -0.680. The molecule has 0 N–H and O–H groups in total. The van der Waals surface area contributed by atoms with Crippen LogP contribution >= 0.6 is 0 Å². The van der Waals surface area contributed by atoms with E-state index >= 15 is 0 Å². The number of carbonyl (C=O) groups excluding carboxylic acids is 1. The highest BCUT2D eigenvalue weighted by atomic mass is 16.1. The van der Waals surface area contributed by atoms with E-state index in [4.69, 9.17) is 0 Å². The molecule has 2 heteroatoms. The molecular weight excluding hydrogens is 174 g/mol. The predicted molar refractivity (Wildman–Crippen MR) is 56.6 cm³/mol. The highest BCUT2D eigenvalue weighted by molar-refractivity contribution is 5.92. The standard InChI is InChI=1S/C12H18NO/c1-7-8(2)10(4)13(6)12(9(7)3)11(5)14/h1-6H3/q+1. The van der Waals surface area contributed by atoms with E-state index in [0.717, 1.165) is 11.3 Å². The molecule has 1 aromatic heterocycles. The molecule has 76 valence electrons. The number of hydrogen-bond acceptors (Lipinski definition) is 1. The summed E-state index contributed by atoms with van der Waals surface area (Å²) >= 11 is 0. The zero-order chi connectivity index (χ0) is 11.0. The summed E-state index contributed by atoms with van der Waals surface area (Å²) in [5, 5.41) is 0. The molecule has 0 unspecified atom stereocenters. The van der Waals surface area contributed by atoms with Crippen LogP contribution < -0.4 is 4.57 Å². The number of Topliss-reactive ketones (excluding diaryl/α,β-unsaturated/α-hetero) is 1. The second kappa shape index (κ2) is 3.52. The second-order valence-electron chi connectivity index (χ2n) is 3.92. The molecule has 0 aromatic carbocycles. The highest BCUT2D eigenvalue weighted by Crippen LogP contribution is 2.16. The molecule has 0 saturated carbocycles. The van der Waals surface area contributed by atoms with Crippen LogP contribution in [0.3, 0.4) is 0 Å². The molecule has 0 fully saturated rings. The minimum Gasteiger partial charge on any atom is -0.288 e. The van der Waals surface area contributed by atoms with E-state index in [1.165, 1.54) is 16.8 Å². The molecule has 0 saturated heterocycles. The minimum atomic E-state index is 0.135.